The first-order valence-corrected chi connectivity index (χ1v) is 4.28. The van der Waals surface area contributed by atoms with Crippen LogP contribution in [0.15, 0.2) is 24.3 Å². The molecule has 0 saturated carbocycles. The van der Waals surface area contributed by atoms with Crippen LogP contribution in [0.4, 0.5) is 0 Å². The van der Waals surface area contributed by atoms with E-state index in [0.717, 1.165) is 5.75 Å². The lowest BCUT2D eigenvalue weighted by atomic mass is 9.98. The van der Waals surface area contributed by atoms with Crippen molar-refractivity contribution in [3.63, 3.8) is 0 Å². The Balaban J connectivity index is 2.35. The summed E-state index contributed by atoms with van der Waals surface area (Å²) in [6, 6.07) is 8.14. The van der Waals surface area contributed by atoms with Crippen LogP contribution in [0.1, 0.15) is 18.4 Å². The molecule has 0 fully saturated rings. The quantitative estimate of drug-likeness (QED) is 0.681. The van der Waals surface area contributed by atoms with E-state index < -0.39 is 0 Å². The maximum absolute atomic E-state index is 5.64. The van der Waals surface area contributed by atoms with E-state index >= 15 is 0 Å². The van der Waals surface area contributed by atoms with Gasteiger partial charge in [0, 0.05) is 18.0 Å². The molecule has 2 nitrogen and oxygen atoms in total. The minimum absolute atomic E-state index is 0.169. The van der Waals surface area contributed by atoms with E-state index in [-0.39, 0.29) is 6.10 Å². The monoisotopic (exact) mass is 163 g/mol. The molecule has 0 bridgehead atoms. The van der Waals surface area contributed by atoms with E-state index in [1.165, 1.54) is 5.56 Å². The fourth-order valence-corrected chi connectivity index (χ4v) is 1.68. The van der Waals surface area contributed by atoms with Crippen LogP contribution in [0.2, 0.25) is 0 Å². The van der Waals surface area contributed by atoms with Gasteiger partial charge in [0.05, 0.1) is 0 Å². The van der Waals surface area contributed by atoms with Gasteiger partial charge in [-0.05, 0) is 6.07 Å². The Morgan fingerprint density at radius 1 is 1.42 bits per heavy atom. The van der Waals surface area contributed by atoms with E-state index in [0.29, 0.717) is 12.5 Å². The van der Waals surface area contributed by atoms with Crippen LogP contribution in [0.3, 0.4) is 0 Å². The second kappa shape index (κ2) is 2.79. The van der Waals surface area contributed by atoms with Crippen molar-refractivity contribution in [3.05, 3.63) is 29.8 Å². The Labute approximate surface area is 72.3 Å². The van der Waals surface area contributed by atoms with Gasteiger partial charge in [0.15, 0.2) is 0 Å². The first-order chi connectivity index (χ1) is 5.83. The van der Waals surface area contributed by atoms with Crippen molar-refractivity contribution in [1.82, 2.24) is 0 Å². The zero-order chi connectivity index (χ0) is 8.55. The lowest BCUT2D eigenvalue weighted by Gasteiger charge is -2.11. The number of rotatable bonds is 1. The molecule has 2 N–H and O–H groups in total. The van der Waals surface area contributed by atoms with Crippen molar-refractivity contribution in [1.29, 1.82) is 0 Å². The summed E-state index contributed by atoms with van der Waals surface area (Å²) in [5.41, 5.74) is 6.86. The SMILES string of the molecule is C[C@H]1c2ccccc2O[C@@H]1CN. The summed E-state index contributed by atoms with van der Waals surface area (Å²) in [6.45, 7) is 2.75. The highest BCUT2D eigenvalue weighted by atomic mass is 16.5. The Hall–Kier alpha value is -1.02. The molecule has 0 amide bonds. The Morgan fingerprint density at radius 3 is 2.83 bits per heavy atom. The third kappa shape index (κ3) is 0.994. The highest BCUT2D eigenvalue weighted by molar-refractivity contribution is 5.40. The molecule has 1 aromatic carbocycles. The summed E-state index contributed by atoms with van der Waals surface area (Å²) in [4.78, 5) is 0. The number of fused-ring (bicyclic) bond motifs is 1. The van der Waals surface area contributed by atoms with E-state index in [2.05, 4.69) is 13.0 Å². The van der Waals surface area contributed by atoms with Crippen LogP contribution in [0.25, 0.3) is 0 Å². The summed E-state index contributed by atoms with van der Waals surface area (Å²) in [7, 11) is 0. The van der Waals surface area contributed by atoms with Crippen molar-refractivity contribution >= 4 is 0 Å². The van der Waals surface area contributed by atoms with Gasteiger partial charge in [0.1, 0.15) is 11.9 Å². The third-order valence-corrected chi connectivity index (χ3v) is 2.48. The topological polar surface area (TPSA) is 35.2 Å². The van der Waals surface area contributed by atoms with Gasteiger partial charge in [0.25, 0.3) is 0 Å². The molecule has 0 aromatic heterocycles. The maximum Gasteiger partial charge on any atom is 0.123 e. The van der Waals surface area contributed by atoms with Gasteiger partial charge < -0.3 is 10.5 Å². The zero-order valence-corrected chi connectivity index (χ0v) is 7.16. The number of para-hydroxylation sites is 1. The van der Waals surface area contributed by atoms with Gasteiger partial charge in [-0.15, -0.1) is 0 Å². The molecule has 0 unspecified atom stereocenters. The minimum atomic E-state index is 0.169. The number of hydrogen-bond donors (Lipinski definition) is 1. The molecule has 1 aliphatic rings. The molecule has 2 rings (SSSR count). The van der Waals surface area contributed by atoms with E-state index in [1.54, 1.807) is 0 Å². The standard InChI is InChI=1S/C10H13NO/c1-7-8-4-2-3-5-9(8)12-10(7)6-11/h2-5,7,10H,6,11H2,1H3/t7-,10+/m0/s1. The Morgan fingerprint density at radius 2 is 2.17 bits per heavy atom. The molecule has 2 atom stereocenters. The first kappa shape index (κ1) is 7.62. The highest BCUT2D eigenvalue weighted by Gasteiger charge is 2.28. The van der Waals surface area contributed by atoms with Gasteiger partial charge in [0.2, 0.25) is 0 Å². The van der Waals surface area contributed by atoms with Crippen LogP contribution >= 0.6 is 0 Å². The van der Waals surface area contributed by atoms with Gasteiger partial charge in [-0.25, -0.2) is 0 Å². The predicted octanol–water partition coefficient (Wildman–Crippen LogP) is 1.51. The summed E-state index contributed by atoms with van der Waals surface area (Å²) < 4.78 is 5.64. The van der Waals surface area contributed by atoms with Crippen LogP contribution < -0.4 is 10.5 Å². The average Bonchev–Trinajstić information content (AvgIpc) is 2.44. The molecule has 1 aliphatic heterocycles. The molecular weight excluding hydrogens is 150 g/mol. The molecule has 0 aliphatic carbocycles. The molecule has 2 heteroatoms. The number of nitrogens with two attached hydrogens (primary N) is 1. The van der Waals surface area contributed by atoms with Gasteiger partial charge >= 0.3 is 0 Å². The molecule has 0 radical (unpaired) electrons. The lowest BCUT2D eigenvalue weighted by molar-refractivity contribution is 0.219. The molecular formula is C10H13NO. The fraction of sp³-hybridized carbons (Fsp3) is 0.400. The van der Waals surface area contributed by atoms with Crippen LogP contribution in [-0.2, 0) is 0 Å². The molecule has 0 saturated heterocycles. The predicted molar refractivity (Wildman–Crippen MR) is 48.3 cm³/mol. The lowest BCUT2D eigenvalue weighted by Crippen LogP contribution is -2.26. The molecule has 1 heterocycles. The summed E-state index contributed by atoms with van der Waals surface area (Å²) in [5.74, 6) is 1.44. The fourth-order valence-electron chi connectivity index (χ4n) is 1.68. The van der Waals surface area contributed by atoms with Crippen molar-refractivity contribution in [3.8, 4) is 5.75 Å². The van der Waals surface area contributed by atoms with E-state index in [4.69, 9.17) is 10.5 Å². The molecule has 1 aromatic rings. The first-order valence-electron chi connectivity index (χ1n) is 4.28. The van der Waals surface area contributed by atoms with Gasteiger partial charge in [-0.1, -0.05) is 25.1 Å². The maximum atomic E-state index is 5.64. The van der Waals surface area contributed by atoms with Crippen molar-refractivity contribution in [2.45, 2.75) is 18.9 Å². The second-order valence-electron chi connectivity index (χ2n) is 3.22. The number of ether oxygens (including phenoxy) is 1. The van der Waals surface area contributed by atoms with Crippen molar-refractivity contribution in [2.24, 2.45) is 5.73 Å². The van der Waals surface area contributed by atoms with Crippen LogP contribution in [-0.4, -0.2) is 12.6 Å². The number of hydrogen-bond acceptors (Lipinski definition) is 2. The largest absolute Gasteiger partial charge is 0.488 e. The van der Waals surface area contributed by atoms with E-state index in [1.807, 2.05) is 18.2 Å². The van der Waals surface area contributed by atoms with Crippen molar-refractivity contribution < 1.29 is 4.74 Å². The second-order valence-corrected chi connectivity index (χ2v) is 3.22. The highest BCUT2D eigenvalue weighted by Crippen LogP contribution is 2.36. The minimum Gasteiger partial charge on any atom is -0.488 e. The smallest absolute Gasteiger partial charge is 0.123 e. The van der Waals surface area contributed by atoms with E-state index in [9.17, 15) is 0 Å². The van der Waals surface area contributed by atoms with Gasteiger partial charge in [-0.2, -0.15) is 0 Å². The molecule has 64 valence electrons. The van der Waals surface area contributed by atoms with Crippen LogP contribution in [0.5, 0.6) is 5.75 Å². The summed E-state index contributed by atoms with van der Waals surface area (Å²) in [6.07, 6.45) is 0.169. The normalized spacial score (nSPS) is 26.5. The Kier molecular flexibility index (Phi) is 1.77. The summed E-state index contributed by atoms with van der Waals surface area (Å²) in [5, 5.41) is 0. The van der Waals surface area contributed by atoms with Gasteiger partial charge in [-0.3, -0.25) is 0 Å². The average molecular weight is 163 g/mol. The molecule has 0 spiro atoms. The Bertz CT molecular complexity index is 285. The van der Waals surface area contributed by atoms with Crippen LogP contribution in [0, 0.1) is 0 Å². The van der Waals surface area contributed by atoms with Crippen molar-refractivity contribution in [2.75, 3.05) is 6.54 Å². The summed E-state index contributed by atoms with van der Waals surface area (Å²) >= 11 is 0. The third-order valence-electron chi connectivity index (χ3n) is 2.48. The molecule has 12 heavy (non-hydrogen) atoms. The number of benzene rings is 1. The zero-order valence-electron chi connectivity index (χ0n) is 7.16.